The zero-order valence-electron chi connectivity index (χ0n) is 9.32. The lowest BCUT2D eigenvalue weighted by Crippen LogP contribution is -2.46. The van der Waals surface area contributed by atoms with E-state index in [2.05, 4.69) is 5.32 Å². The molecule has 1 amide bonds. The second-order valence-electron chi connectivity index (χ2n) is 4.39. The number of hydrogen-bond acceptors (Lipinski definition) is 3. The van der Waals surface area contributed by atoms with Gasteiger partial charge in [0.1, 0.15) is 0 Å². The van der Waals surface area contributed by atoms with E-state index in [1.165, 1.54) is 19.3 Å². The summed E-state index contributed by atoms with van der Waals surface area (Å²) in [4.78, 5) is 11.9. The van der Waals surface area contributed by atoms with Crippen LogP contribution in [-0.4, -0.2) is 18.0 Å². The third-order valence-corrected chi connectivity index (χ3v) is 3.85. The minimum Gasteiger partial charge on any atom is -0.348 e. The fourth-order valence-corrected chi connectivity index (χ4v) is 2.80. The smallest absolute Gasteiger partial charge is 0.252 e. The highest BCUT2D eigenvalue weighted by Gasteiger charge is 2.22. The molecule has 88 valence electrons. The van der Waals surface area contributed by atoms with Crippen molar-refractivity contribution < 1.29 is 4.79 Å². The van der Waals surface area contributed by atoms with Gasteiger partial charge in [-0.3, -0.25) is 4.79 Å². The molecule has 0 aliphatic heterocycles. The molecule has 1 saturated carbocycles. The van der Waals surface area contributed by atoms with Crippen molar-refractivity contribution in [2.45, 2.75) is 44.2 Å². The molecule has 3 N–H and O–H groups in total. The third-order valence-electron chi connectivity index (χ3n) is 3.17. The van der Waals surface area contributed by atoms with Crippen molar-refractivity contribution in [2.75, 3.05) is 0 Å². The van der Waals surface area contributed by atoms with E-state index >= 15 is 0 Å². The van der Waals surface area contributed by atoms with E-state index in [0.717, 1.165) is 18.4 Å². The SMILES string of the molecule is NC1CCCCCC1NC(=O)c1ccsc1. The van der Waals surface area contributed by atoms with Crippen LogP contribution in [-0.2, 0) is 0 Å². The summed E-state index contributed by atoms with van der Waals surface area (Å²) in [7, 11) is 0. The summed E-state index contributed by atoms with van der Waals surface area (Å²) in [6, 6.07) is 2.11. The van der Waals surface area contributed by atoms with Crippen molar-refractivity contribution >= 4 is 17.2 Å². The van der Waals surface area contributed by atoms with Gasteiger partial charge in [0, 0.05) is 23.0 Å². The quantitative estimate of drug-likeness (QED) is 0.776. The van der Waals surface area contributed by atoms with Gasteiger partial charge < -0.3 is 11.1 Å². The van der Waals surface area contributed by atoms with Crippen molar-refractivity contribution in [3.8, 4) is 0 Å². The Morgan fingerprint density at radius 2 is 2.19 bits per heavy atom. The van der Waals surface area contributed by atoms with Crippen LogP contribution in [0.4, 0.5) is 0 Å². The van der Waals surface area contributed by atoms with Crippen LogP contribution >= 0.6 is 11.3 Å². The number of hydrogen-bond donors (Lipinski definition) is 2. The van der Waals surface area contributed by atoms with Crippen LogP contribution in [0.2, 0.25) is 0 Å². The summed E-state index contributed by atoms with van der Waals surface area (Å²) < 4.78 is 0. The molecule has 0 spiro atoms. The normalized spacial score (nSPS) is 26.1. The lowest BCUT2D eigenvalue weighted by Gasteiger charge is -2.22. The van der Waals surface area contributed by atoms with Crippen molar-refractivity contribution in [1.82, 2.24) is 5.32 Å². The summed E-state index contributed by atoms with van der Waals surface area (Å²) >= 11 is 1.54. The lowest BCUT2D eigenvalue weighted by molar-refractivity contribution is 0.0929. The van der Waals surface area contributed by atoms with Gasteiger partial charge in [-0.05, 0) is 24.3 Å². The molecule has 2 unspecified atom stereocenters. The van der Waals surface area contributed by atoms with Gasteiger partial charge >= 0.3 is 0 Å². The van der Waals surface area contributed by atoms with E-state index in [0.29, 0.717) is 0 Å². The van der Waals surface area contributed by atoms with E-state index in [-0.39, 0.29) is 18.0 Å². The van der Waals surface area contributed by atoms with Crippen LogP contribution < -0.4 is 11.1 Å². The first-order valence-electron chi connectivity index (χ1n) is 5.86. The van der Waals surface area contributed by atoms with Gasteiger partial charge in [0.2, 0.25) is 0 Å². The van der Waals surface area contributed by atoms with Gasteiger partial charge in [0.05, 0.1) is 0 Å². The van der Waals surface area contributed by atoms with Crippen molar-refractivity contribution in [1.29, 1.82) is 0 Å². The number of rotatable bonds is 2. The van der Waals surface area contributed by atoms with Crippen LogP contribution in [0.5, 0.6) is 0 Å². The van der Waals surface area contributed by atoms with Gasteiger partial charge in [0.25, 0.3) is 5.91 Å². The number of nitrogens with one attached hydrogen (secondary N) is 1. The predicted molar refractivity (Wildman–Crippen MR) is 66.6 cm³/mol. The molecule has 0 aromatic carbocycles. The number of carbonyl (C=O) groups is 1. The number of carbonyl (C=O) groups excluding carboxylic acids is 1. The Morgan fingerprint density at radius 1 is 1.38 bits per heavy atom. The molecule has 1 fully saturated rings. The molecule has 1 aliphatic rings. The van der Waals surface area contributed by atoms with Crippen molar-refractivity contribution in [2.24, 2.45) is 5.73 Å². The highest BCUT2D eigenvalue weighted by Crippen LogP contribution is 2.17. The zero-order valence-corrected chi connectivity index (χ0v) is 10.1. The Kier molecular flexibility index (Phi) is 3.96. The Bertz CT molecular complexity index is 337. The molecule has 0 bridgehead atoms. The van der Waals surface area contributed by atoms with Crippen molar-refractivity contribution in [3.05, 3.63) is 22.4 Å². The summed E-state index contributed by atoms with van der Waals surface area (Å²) in [5, 5.41) is 6.84. The lowest BCUT2D eigenvalue weighted by atomic mass is 10.0. The fourth-order valence-electron chi connectivity index (χ4n) is 2.16. The summed E-state index contributed by atoms with van der Waals surface area (Å²) in [6.07, 6.45) is 5.62. The van der Waals surface area contributed by atoms with E-state index in [1.54, 1.807) is 11.3 Å². The largest absolute Gasteiger partial charge is 0.348 e. The van der Waals surface area contributed by atoms with Gasteiger partial charge in [-0.25, -0.2) is 0 Å². The Labute approximate surface area is 100 Å². The third kappa shape index (κ3) is 2.83. The van der Waals surface area contributed by atoms with Crippen molar-refractivity contribution in [3.63, 3.8) is 0 Å². The number of nitrogens with two attached hydrogens (primary N) is 1. The van der Waals surface area contributed by atoms with E-state index < -0.39 is 0 Å². The number of thiophene rings is 1. The topological polar surface area (TPSA) is 55.1 Å². The first kappa shape index (κ1) is 11.6. The van der Waals surface area contributed by atoms with Crippen LogP contribution in [0.1, 0.15) is 42.5 Å². The van der Waals surface area contributed by atoms with E-state index in [9.17, 15) is 4.79 Å². The molecule has 3 nitrogen and oxygen atoms in total. The molecule has 1 aromatic heterocycles. The minimum atomic E-state index is 0.0172. The molecule has 0 saturated heterocycles. The fraction of sp³-hybridized carbons (Fsp3) is 0.583. The van der Waals surface area contributed by atoms with E-state index in [1.807, 2.05) is 16.8 Å². The summed E-state index contributed by atoms with van der Waals surface area (Å²) in [5.74, 6) is 0.0172. The van der Waals surface area contributed by atoms with Crippen LogP contribution in [0.15, 0.2) is 16.8 Å². The highest BCUT2D eigenvalue weighted by atomic mass is 32.1. The minimum absolute atomic E-state index is 0.0172. The molecule has 1 aromatic rings. The van der Waals surface area contributed by atoms with Crippen LogP contribution in [0.3, 0.4) is 0 Å². The molecule has 16 heavy (non-hydrogen) atoms. The van der Waals surface area contributed by atoms with Gasteiger partial charge in [0.15, 0.2) is 0 Å². The summed E-state index contributed by atoms with van der Waals surface area (Å²) in [5.41, 5.74) is 6.82. The second-order valence-corrected chi connectivity index (χ2v) is 5.17. The standard InChI is InChI=1S/C12H18N2OS/c13-10-4-2-1-3-5-11(10)14-12(15)9-6-7-16-8-9/h6-8,10-11H,1-5,13H2,(H,14,15). The van der Waals surface area contributed by atoms with Crippen LogP contribution in [0, 0.1) is 0 Å². The zero-order chi connectivity index (χ0) is 11.4. The maximum atomic E-state index is 11.9. The molecular formula is C12H18N2OS. The van der Waals surface area contributed by atoms with Gasteiger partial charge in [-0.2, -0.15) is 11.3 Å². The highest BCUT2D eigenvalue weighted by molar-refractivity contribution is 7.08. The molecule has 2 atom stereocenters. The summed E-state index contributed by atoms with van der Waals surface area (Å²) in [6.45, 7) is 0. The molecular weight excluding hydrogens is 220 g/mol. The maximum absolute atomic E-state index is 11.9. The van der Waals surface area contributed by atoms with E-state index in [4.69, 9.17) is 5.73 Å². The Hall–Kier alpha value is -0.870. The molecule has 4 heteroatoms. The Balaban J connectivity index is 1.95. The molecule has 0 radical (unpaired) electrons. The maximum Gasteiger partial charge on any atom is 0.252 e. The van der Waals surface area contributed by atoms with Gasteiger partial charge in [-0.1, -0.05) is 19.3 Å². The number of amides is 1. The van der Waals surface area contributed by atoms with Gasteiger partial charge in [-0.15, -0.1) is 0 Å². The first-order valence-corrected chi connectivity index (χ1v) is 6.80. The predicted octanol–water partition coefficient (Wildman–Crippen LogP) is 2.14. The molecule has 1 heterocycles. The molecule has 1 aliphatic carbocycles. The average Bonchev–Trinajstić information content (AvgIpc) is 2.73. The Morgan fingerprint density at radius 3 is 2.94 bits per heavy atom. The first-order chi connectivity index (χ1) is 7.77. The monoisotopic (exact) mass is 238 g/mol. The second kappa shape index (κ2) is 5.46. The average molecular weight is 238 g/mol. The molecule has 2 rings (SSSR count). The van der Waals surface area contributed by atoms with Crippen LogP contribution in [0.25, 0.3) is 0 Å².